The van der Waals surface area contributed by atoms with E-state index >= 15 is 0 Å². The highest BCUT2D eigenvalue weighted by Gasteiger charge is 2.06. The van der Waals surface area contributed by atoms with Crippen LogP contribution in [0.25, 0.3) is 11.1 Å². The van der Waals surface area contributed by atoms with E-state index in [0.717, 1.165) is 24.0 Å². The molecule has 0 aliphatic rings. The van der Waals surface area contributed by atoms with E-state index in [1.54, 1.807) is 12.1 Å². The van der Waals surface area contributed by atoms with Crippen LogP contribution >= 0.6 is 0 Å². The van der Waals surface area contributed by atoms with E-state index < -0.39 is 0 Å². The third-order valence-corrected chi connectivity index (χ3v) is 4.25. The van der Waals surface area contributed by atoms with Gasteiger partial charge in [0.15, 0.2) is 11.6 Å². The Bertz CT molecular complexity index is 604. The molecule has 0 bridgehead atoms. The van der Waals surface area contributed by atoms with Gasteiger partial charge in [0.25, 0.3) is 0 Å². The molecule has 0 N–H and O–H groups in total. The van der Waals surface area contributed by atoms with Crippen LogP contribution in [0.15, 0.2) is 42.5 Å². The monoisotopic (exact) mass is 328 g/mol. The number of hydrogen-bond donors (Lipinski definition) is 0. The summed E-state index contributed by atoms with van der Waals surface area (Å²) in [6.45, 7) is 4.80. The molecule has 0 saturated heterocycles. The van der Waals surface area contributed by atoms with Gasteiger partial charge in [-0.15, -0.1) is 0 Å². The van der Waals surface area contributed by atoms with Gasteiger partial charge >= 0.3 is 0 Å². The second-order valence-corrected chi connectivity index (χ2v) is 6.35. The molecule has 1 nitrogen and oxygen atoms in total. The summed E-state index contributed by atoms with van der Waals surface area (Å²) in [6, 6.07) is 13.7. The fourth-order valence-corrected chi connectivity index (χ4v) is 2.81. The van der Waals surface area contributed by atoms with Crippen molar-refractivity contribution in [3.05, 3.63) is 53.8 Å². The van der Waals surface area contributed by atoms with Crippen molar-refractivity contribution in [2.45, 2.75) is 58.8 Å². The van der Waals surface area contributed by atoms with E-state index in [-0.39, 0.29) is 5.82 Å². The van der Waals surface area contributed by atoms with Crippen LogP contribution in [0, 0.1) is 5.82 Å². The Hall–Kier alpha value is -1.83. The Balaban J connectivity index is 1.94. The van der Waals surface area contributed by atoms with Crippen LogP contribution in [0.3, 0.4) is 0 Å². The Morgan fingerprint density at radius 1 is 0.792 bits per heavy atom. The van der Waals surface area contributed by atoms with Gasteiger partial charge in [-0.3, -0.25) is 0 Å². The molecule has 0 aromatic heterocycles. The lowest BCUT2D eigenvalue weighted by Gasteiger charge is -2.09. The second-order valence-electron chi connectivity index (χ2n) is 6.35. The zero-order chi connectivity index (χ0) is 17.2. The normalized spacial score (nSPS) is 10.8. The number of aryl methyl sites for hydroxylation is 1. The highest BCUT2D eigenvalue weighted by atomic mass is 19.1. The largest absolute Gasteiger partial charge is 0.491 e. The standard InChI is InChI=1S/C22H29FO/c1-3-5-6-7-8-9-18-10-12-19(13-11-18)20-14-15-22(21(23)17-20)24-16-4-2/h10-15,17H,3-9,16H2,1-2H3. The van der Waals surface area contributed by atoms with Crippen LogP contribution in [0.2, 0.25) is 0 Å². The van der Waals surface area contributed by atoms with E-state index in [4.69, 9.17) is 4.74 Å². The first-order chi connectivity index (χ1) is 11.7. The molecular formula is C22H29FO. The smallest absolute Gasteiger partial charge is 0.165 e. The van der Waals surface area contributed by atoms with Crippen LogP contribution in [-0.4, -0.2) is 6.61 Å². The van der Waals surface area contributed by atoms with Crippen molar-refractivity contribution < 1.29 is 9.13 Å². The number of ether oxygens (including phenoxy) is 1. The molecule has 0 amide bonds. The summed E-state index contributed by atoms with van der Waals surface area (Å²) in [5.41, 5.74) is 3.30. The summed E-state index contributed by atoms with van der Waals surface area (Å²) in [6.07, 6.45) is 8.51. The van der Waals surface area contributed by atoms with Crippen molar-refractivity contribution in [2.75, 3.05) is 6.61 Å². The third-order valence-electron chi connectivity index (χ3n) is 4.25. The number of benzene rings is 2. The van der Waals surface area contributed by atoms with Crippen molar-refractivity contribution in [2.24, 2.45) is 0 Å². The molecule has 0 radical (unpaired) electrons. The molecule has 0 aliphatic heterocycles. The number of halogens is 1. The average Bonchev–Trinajstić information content (AvgIpc) is 2.61. The van der Waals surface area contributed by atoms with E-state index in [9.17, 15) is 4.39 Å². The molecule has 2 rings (SSSR count). The molecule has 0 heterocycles. The number of unbranched alkanes of at least 4 members (excludes halogenated alkanes) is 4. The minimum atomic E-state index is -0.291. The first-order valence-electron chi connectivity index (χ1n) is 9.26. The highest BCUT2D eigenvalue weighted by molar-refractivity contribution is 5.64. The van der Waals surface area contributed by atoms with Gasteiger partial charge < -0.3 is 4.74 Å². The molecule has 2 aromatic carbocycles. The molecule has 0 atom stereocenters. The molecular weight excluding hydrogens is 299 g/mol. The first kappa shape index (κ1) is 18.5. The molecule has 0 fully saturated rings. The molecule has 2 aromatic rings. The van der Waals surface area contributed by atoms with Crippen LogP contribution in [0.1, 0.15) is 57.9 Å². The lowest BCUT2D eigenvalue weighted by atomic mass is 10.0. The first-order valence-corrected chi connectivity index (χ1v) is 9.26. The van der Waals surface area contributed by atoms with Crippen LogP contribution in [0.5, 0.6) is 5.75 Å². The highest BCUT2D eigenvalue weighted by Crippen LogP contribution is 2.26. The van der Waals surface area contributed by atoms with Gasteiger partial charge in [-0.05, 0) is 48.1 Å². The maximum atomic E-state index is 14.1. The van der Waals surface area contributed by atoms with Gasteiger partial charge in [0, 0.05) is 0 Å². The summed E-state index contributed by atoms with van der Waals surface area (Å²) in [5, 5.41) is 0. The van der Waals surface area contributed by atoms with Crippen molar-refractivity contribution >= 4 is 0 Å². The van der Waals surface area contributed by atoms with E-state index in [1.165, 1.54) is 37.7 Å². The van der Waals surface area contributed by atoms with Crippen molar-refractivity contribution in [3.63, 3.8) is 0 Å². The van der Waals surface area contributed by atoms with Crippen LogP contribution in [0.4, 0.5) is 4.39 Å². The van der Waals surface area contributed by atoms with Gasteiger partial charge in [-0.2, -0.15) is 0 Å². The fraction of sp³-hybridized carbons (Fsp3) is 0.455. The Labute approximate surface area is 145 Å². The predicted octanol–water partition coefficient (Wildman–Crippen LogP) is 6.79. The zero-order valence-corrected chi connectivity index (χ0v) is 15.0. The Morgan fingerprint density at radius 3 is 2.17 bits per heavy atom. The fourth-order valence-electron chi connectivity index (χ4n) is 2.81. The quantitative estimate of drug-likeness (QED) is 0.436. The molecule has 0 saturated carbocycles. The van der Waals surface area contributed by atoms with Crippen LogP contribution in [-0.2, 0) is 6.42 Å². The summed E-state index contributed by atoms with van der Waals surface area (Å²) in [5.74, 6) is 0.0465. The van der Waals surface area contributed by atoms with E-state index in [0.29, 0.717) is 12.4 Å². The van der Waals surface area contributed by atoms with Crippen molar-refractivity contribution in [3.8, 4) is 16.9 Å². The lowest BCUT2D eigenvalue weighted by Crippen LogP contribution is -1.97. The topological polar surface area (TPSA) is 9.23 Å². The average molecular weight is 328 g/mol. The van der Waals surface area contributed by atoms with Gasteiger partial charge in [0.1, 0.15) is 0 Å². The SMILES string of the molecule is CCCCCCCc1ccc(-c2ccc(OCCC)c(F)c2)cc1. The van der Waals surface area contributed by atoms with Gasteiger partial charge in [-0.25, -0.2) is 4.39 Å². The second kappa shape index (κ2) is 10.1. The summed E-state index contributed by atoms with van der Waals surface area (Å²) in [4.78, 5) is 0. The van der Waals surface area contributed by atoms with Crippen LogP contribution < -0.4 is 4.74 Å². The Morgan fingerprint density at radius 2 is 1.50 bits per heavy atom. The molecule has 130 valence electrons. The third kappa shape index (κ3) is 5.67. The summed E-state index contributed by atoms with van der Waals surface area (Å²) < 4.78 is 19.5. The minimum absolute atomic E-state index is 0.291. The maximum absolute atomic E-state index is 14.1. The van der Waals surface area contributed by atoms with Crippen molar-refractivity contribution in [1.29, 1.82) is 0 Å². The summed E-state index contributed by atoms with van der Waals surface area (Å²) in [7, 11) is 0. The molecule has 0 aliphatic carbocycles. The molecule has 0 spiro atoms. The van der Waals surface area contributed by atoms with Gasteiger partial charge in [0.2, 0.25) is 0 Å². The molecule has 24 heavy (non-hydrogen) atoms. The van der Waals surface area contributed by atoms with E-state index in [2.05, 4.69) is 31.2 Å². The number of hydrogen-bond acceptors (Lipinski definition) is 1. The number of rotatable bonds is 10. The lowest BCUT2D eigenvalue weighted by molar-refractivity contribution is 0.301. The van der Waals surface area contributed by atoms with E-state index in [1.807, 2.05) is 13.0 Å². The minimum Gasteiger partial charge on any atom is -0.491 e. The zero-order valence-electron chi connectivity index (χ0n) is 15.0. The van der Waals surface area contributed by atoms with Crippen molar-refractivity contribution in [1.82, 2.24) is 0 Å². The molecule has 0 unspecified atom stereocenters. The molecule has 2 heteroatoms. The maximum Gasteiger partial charge on any atom is 0.165 e. The summed E-state index contributed by atoms with van der Waals surface area (Å²) >= 11 is 0. The van der Waals surface area contributed by atoms with Gasteiger partial charge in [0.05, 0.1) is 6.61 Å². The predicted molar refractivity (Wildman–Crippen MR) is 100 cm³/mol. The van der Waals surface area contributed by atoms with Gasteiger partial charge in [-0.1, -0.05) is 69.9 Å². The Kier molecular flexibility index (Phi) is 7.81.